The highest BCUT2D eigenvalue weighted by Gasteiger charge is 2.35. The topological polar surface area (TPSA) is 89.9 Å². The molecule has 0 bridgehead atoms. The lowest BCUT2D eigenvalue weighted by atomic mass is 10.1. The first-order chi connectivity index (χ1) is 12.0. The van der Waals surface area contributed by atoms with Gasteiger partial charge in [0.25, 0.3) is 0 Å². The third-order valence-electron chi connectivity index (χ3n) is 4.34. The zero-order chi connectivity index (χ0) is 18.0. The van der Waals surface area contributed by atoms with Gasteiger partial charge < -0.3 is 9.45 Å². The predicted octanol–water partition coefficient (Wildman–Crippen LogP) is 1.10. The van der Waals surface area contributed by atoms with Crippen LogP contribution < -0.4 is 9.80 Å². The minimum absolute atomic E-state index is 0.0721. The first-order valence-corrected chi connectivity index (χ1v) is 10.5. The molecule has 0 aliphatic carbocycles. The lowest BCUT2D eigenvalue weighted by Gasteiger charge is -2.34. The van der Waals surface area contributed by atoms with Crippen molar-refractivity contribution in [3.8, 4) is 0 Å². The van der Waals surface area contributed by atoms with Crippen LogP contribution in [0.25, 0.3) is 0 Å². The highest BCUT2D eigenvalue weighted by Crippen LogP contribution is 2.25. The summed E-state index contributed by atoms with van der Waals surface area (Å²) in [5, 5.41) is 0. The maximum Gasteiger partial charge on any atom is 0.248 e. The summed E-state index contributed by atoms with van der Waals surface area (Å²) in [5.74, 6) is 0.120. The number of amides is 2. The van der Waals surface area contributed by atoms with E-state index in [-0.39, 0.29) is 17.8 Å². The molecule has 0 aromatic carbocycles. The van der Waals surface area contributed by atoms with Crippen molar-refractivity contribution in [3.63, 3.8) is 0 Å². The van der Waals surface area contributed by atoms with Gasteiger partial charge in [-0.25, -0.2) is 9.97 Å². The fraction of sp³-hybridized carbons (Fsp3) is 0.571. The molecule has 0 spiro atoms. The van der Waals surface area contributed by atoms with E-state index in [2.05, 4.69) is 22.8 Å². The number of rotatable bonds is 4. The quantitative estimate of drug-likeness (QED) is 0.731. The Labute approximate surface area is 158 Å². The van der Waals surface area contributed by atoms with Crippen LogP contribution >= 0.6 is 12.8 Å². The van der Waals surface area contributed by atoms with E-state index in [1.54, 1.807) is 17.3 Å². The number of carbonyl (C=O) groups is 2. The van der Waals surface area contributed by atoms with Gasteiger partial charge in [0.05, 0.1) is 28.0 Å². The minimum Gasteiger partial charge on any atom is -0.315 e. The van der Waals surface area contributed by atoms with Gasteiger partial charge >= 0.3 is 0 Å². The van der Waals surface area contributed by atoms with E-state index < -0.39 is 16.0 Å². The summed E-state index contributed by atoms with van der Waals surface area (Å²) in [5.41, 5.74) is 0.646. The van der Waals surface area contributed by atoms with Gasteiger partial charge in [-0.3, -0.25) is 14.5 Å². The van der Waals surface area contributed by atoms with Crippen LogP contribution in [0.15, 0.2) is 12.4 Å². The van der Waals surface area contributed by atoms with Crippen molar-refractivity contribution in [1.82, 2.24) is 13.7 Å². The van der Waals surface area contributed by atoms with E-state index in [1.165, 1.54) is 8.61 Å². The Bertz CT molecular complexity index is 687. The molecule has 136 valence electrons. The molecule has 0 saturated carbocycles. The Morgan fingerprint density at radius 1 is 1.20 bits per heavy atom. The molecule has 11 heteroatoms. The second kappa shape index (κ2) is 8.04. The number of aromatic nitrogens is 2. The van der Waals surface area contributed by atoms with Crippen molar-refractivity contribution in [2.75, 3.05) is 22.9 Å². The van der Waals surface area contributed by atoms with E-state index in [0.29, 0.717) is 31.6 Å². The smallest absolute Gasteiger partial charge is 0.248 e. The SMILES string of the molecule is O=C1CCCCN1c1cnc(N2CCCC(N(S)S(O)=S)C2=O)nc1. The van der Waals surface area contributed by atoms with Crippen molar-refractivity contribution in [3.05, 3.63) is 12.4 Å². The summed E-state index contributed by atoms with van der Waals surface area (Å²) in [6, 6.07) is -0.602. The van der Waals surface area contributed by atoms with Gasteiger partial charge in [0.2, 0.25) is 17.8 Å². The zero-order valence-corrected chi connectivity index (χ0v) is 16.0. The Morgan fingerprint density at radius 3 is 2.52 bits per heavy atom. The van der Waals surface area contributed by atoms with Gasteiger partial charge in [0.1, 0.15) is 6.04 Å². The van der Waals surface area contributed by atoms with E-state index in [0.717, 1.165) is 19.3 Å². The van der Waals surface area contributed by atoms with Gasteiger partial charge in [0, 0.05) is 19.5 Å². The molecule has 25 heavy (non-hydrogen) atoms. The average molecular weight is 402 g/mol. The fourth-order valence-corrected chi connectivity index (χ4v) is 3.98. The second-order valence-corrected chi connectivity index (χ2v) is 8.38. The molecular formula is C14H19N5O3S3. The summed E-state index contributed by atoms with van der Waals surface area (Å²) in [7, 11) is -1.51. The first-order valence-electron chi connectivity index (χ1n) is 8.02. The van der Waals surface area contributed by atoms with Crippen molar-refractivity contribution in [2.24, 2.45) is 0 Å². The summed E-state index contributed by atoms with van der Waals surface area (Å²) < 4.78 is 10.7. The number of anilines is 2. The zero-order valence-electron chi connectivity index (χ0n) is 13.4. The third kappa shape index (κ3) is 4.00. The average Bonchev–Trinajstić information content (AvgIpc) is 2.62. The van der Waals surface area contributed by atoms with Crippen LogP contribution in [0.3, 0.4) is 0 Å². The highest BCUT2D eigenvalue weighted by atomic mass is 32.8. The minimum atomic E-state index is -1.51. The number of nitrogens with zero attached hydrogens (tertiary/aromatic N) is 5. The molecule has 2 amide bonds. The molecular weight excluding hydrogens is 382 g/mol. The van der Waals surface area contributed by atoms with Gasteiger partial charge in [-0.2, -0.15) is 3.71 Å². The molecule has 8 nitrogen and oxygen atoms in total. The Morgan fingerprint density at radius 2 is 1.88 bits per heavy atom. The lowest BCUT2D eigenvalue weighted by Crippen LogP contribution is -2.50. The molecule has 2 aliphatic rings. The van der Waals surface area contributed by atoms with Crippen LogP contribution in [0, 0.1) is 0 Å². The van der Waals surface area contributed by atoms with Crippen molar-refractivity contribution in [1.29, 1.82) is 0 Å². The molecule has 3 heterocycles. The van der Waals surface area contributed by atoms with Gasteiger partial charge in [-0.15, -0.1) is 0 Å². The number of thiol groups is 1. The Hall–Kier alpha value is -1.14. The molecule has 2 atom stereocenters. The maximum atomic E-state index is 12.6. The standard InChI is InChI=1S/C14H19N5O3S3/c20-12-5-1-2-6-17(12)10-8-15-14(16-9-10)18-7-3-4-11(13(18)21)19(23)25(22)24/h8-9,11,23H,1-7H2,(H,22,24). The summed E-state index contributed by atoms with van der Waals surface area (Å²) >= 11 is 8.92. The molecule has 2 fully saturated rings. The van der Waals surface area contributed by atoms with E-state index in [4.69, 9.17) is 11.2 Å². The predicted molar refractivity (Wildman–Crippen MR) is 102 cm³/mol. The van der Waals surface area contributed by atoms with Crippen molar-refractivity contribution >= 4 is 57.4 Å². The van der Waals surface area contributed by atoms with Crippen LogP contribution in [0.1, 0.15) is 32.1 Å². The highest BCUT2D eigenvalue weighted by molar-refractivity contribution is 8.27. The maximum absolute atomic E-state index is 12.6. The van der Waals surface area contributed by atoms with E-state index >= 15 is 0 Å². The summed E-state index contributed by atoms with van der Waals surface area (Å²) in [4.78, 5) is 36.3. The number of hydrogen-bond donors (Lipinski definition) is 2. The van der Waals surface area contributed by atoms with Gasteiger partial charge in [0.15, 0.2) is 0 Å². The monoisotopic (exact) mass is 401 g/mol. The first kappa shape index (κ1) is 18.6. The Balaban J connectivity index is 1.76. The molecule has 2 unspecified atom stereocenters. The van der Waals surface area contributed by atoms with Crippen molar-refractivity contribution in [2.45, 2.75) is 38.1 Å². The fourth-order valence-electron chi connectivity index (χ4n) is 3.04. The normalized spacial score (nSPS) is 23.2. The Kier molecular flexibility index (Phi) is 6.00. The molecule has 2 aliphatic heterocycles. The van der Waals surface area contributed by atoms with Crippen LogP contribution in [-0.2, 0) is 30.7 Å². The molecule has 0 radical (unpaired) electrons. The van der Waals surface area contributed by atoms with Crippen LogP contribution in [0.2, 0.25) is 0 Å². The largest absolute Gasteiger partial charge is 0.315 e. The van der Waals surface area contributed by atoms with Crippen LogP contribution in [0.5, 0.6) is 0 Å². The second-order valence-electron chi connectivity index (χ2n) is 5.92. The molecule has 1 aromatic rings. The molecule has 1 aromatic heterocycles. The third-order valence-corrected chi connectivity index (χ3v) is 6.47. The van der Waals surface area contributed by atoms with E-state index in [9.17, 15) is 14.1 Å². The summed E-state index contributed by atoms with van der Waals surface area (Å²) in [6.07, 6.45) is 6.86. The van der Waals surface area contributed by atoms with Crippen molar-refractivity contribution < 1.29 is 14.1 Å². The van der Waals surface area contributed by atoms with Gasteiger partial charge in [-0.05, 0) is 36.9 Å². The lowest BCUT2D eigenvalue weighted by molar-refractivity contribution is -0.122. The van der Waals surface area contributed by atoms with E-state index in [1.807, 2.05) is 0 Å². The number of carbonyl (C=O) groups excluding carboxylic acids is 2. The molecule has 2 saturated heterocycles. The molecule has 3 rings (SSSR count). The number of hydrogen-bond acceptors (Lipinski definition) is 6. The van der Waals surface area contributed by atoms with Crippen LogP contribution in [-0.4, -0.2) is 49.2 Å². The molecule has 1 N–H and O–H groups in total. The van der Waals surface area contributed by atoms with Gasteiger partial charge in [-0.1, -0.05) is 12.8 Å². The summed E-state index contributed by atoms with van der Waals surface area (Å²) in [6.45, 7) is 1.16. The number of piperidine rings is 2. The van der Waals surface area contributed by atoms with Crippen LogP contribution in [0.4, 0.5) is 11.6 Å².